The fourth-order valence-electron chi connectivity index (χ4n) is 1.65. The van der Waals surface area contributed by atoms with Crippen LogP contribution < -0.4 is 4.74 Å². The quantitative estimate of drug-likeness (QED) is 0.909. The highest BCUT2D eigenvalue weighted by molar-refractivity contribution is 5.70. The van der Waals surface area contributed by atoms with Gasteiger partial charge in [-0.3, -0.25) is 4.79 Å². The Labute approximate surface area is 110 Å². The minimum Gasteiger partial charge on any atom is -0.481 e. The Morgan fingerprint density at radius 3 is 2.58 bits per heavy atom. The van der Waals surface area contributed by atoms with Gasteiger partial charge in [0.2, 0.25) is 0 Å². The molecule has 0 unspecified atom stereocenters. The normalized spacial score (nSPS) is 9.63. The number of carboxylic acid groups (broad SMARTS) is 1. The Morgan fingerprint density at radius 1 is 1.21 bits per heavy atom. The van der Waals surface area contributed by atoms with Gasteiger partial charge in [0.05, 0.1) is 12.0 Å². The van der Waals surface area contributed by atoms with Crippen molar-refractivity contribution in [1.82, 2.24) is 0 Å². The van der Waals surface area contributed by atoms with Crippen molar-refractivity contribution in [2.75, 3.05) is 0 Å². The molecule has 2 aromatic rings. The third-order valence-electron chi connectivity index (χ3n) is 2.49. The van der Waals surface area contributed by atoms with Gasteiger partial charge in [-0.05, 0) is 29.8 Å². The van der Waals surface area contributed by atoms with Crippen LogP contribution in [0, 0.1) is 11.3 Å². The van der Waals surface area contributed by atoms with Crippen LogP contribution in [-0.2, 0) is 11.2 Å². The van der Waals surface area contributed by atoms with E-state index >= 15 is 0 Å². The first-order valence-corrected chi connectivity index (χ1v) is 5.67. The van der Waals surface area contributed by atoms with Crippen molar-refractivity contribution in [1.29, 1.82) is 5.26 Å². The SMILES string of the molecule is N#Cc1cc(CC(=O)O)ccc1Oc1ccccc1. The lowest BCUT2D eigenvalue weighted by atomic mass is 10.1. The molecule has 0 saturated heterocycles. The number of carbonyl (C=O) groups is 1. The molecule has 4 heteroatoms. The number of benzene rings is 2. The highest BCUT2D eigenvalue weighted by Crippen LogP contribution is 2.25. The highest BCUT2D eigenvalue weighted by atomic mass is 16.5. The largest absolute Gasteiger partial charge is 0.481 e. The third-order valence-corrected chi connectivity index (χ3v) is 2.49. The van der Waals surface area contributed by atoms with Crippen LogP contribution in [0.2, 0.25) is 0 Å². The van der Waals surface area contributed by atoms with Crippen LogP contribution in [0.15, 0.2) is 48.5 Å². The van der Waals surface area contributed by atoms with Gasteiger partial charge in [-0.15, -0.1) is 0 Å². The molecule has 0 spiro atoms. The molecular weight excluding hydrogens is 242 g/mol. The molecule has 19 heavy (non-hydrogen) atoms. The number of aliphatic carboxylic acids is 1. The summed E-state index contributed by atoms with van der Waals surface area (Å²) in [5.74, 6) is 0.119. The van der Waals surface area contributed by atoms with Crippen molar-refractivity contribution < 1.29 is 14.6 Å². The first-order valence-electron chi connectivity index (χ1n) is 5.67. The summed E-state index contributed by atoms with van der Waals surface area (Å²) in [5, 5.41) is 17.8. The van der Waals surface area contributed by atoms with Gasteiger partial charge < -0.3 is 9.84 Å². The molecule has 0 aliphatic heterocycles. The Balaban J connectivity index is 2.27. The van der Waals surface area contributed by atoms with Crippen LogP contribution in [0.1, 0.15) is 11.1 Å². The van der Waals surface area contributed by atoms with E-state index in [1.165, 1.54) is 6.07 Å². The van der Waals surface area contributed by atoms with Gasteiger partial charge >= 0.3 is 5.97 Å². The molecule has 0 radical (unpaired) electrons. The zero-order chi connectivity index (χ0) is 13.7. The molecule has 0 atom stereocenters. The summed E-state index contributed by atoms with van der Waals surface area (Å²) < 4.78 is 5.59. The maximum Gasteiger partial charge on any atom is 0.307 e. The average Bonchev–Trinajstić information content (AvgIpc) is 2.41. The number of ether oxygens (including phenoxy) is 1. The van der Waals surface area contributed by atoms with Gasteiger partial charge in [-0.1, -0.05) is 24.3 Å². The number of rotatable bonds is 4. The predicted octanol–water partition coefficient (Wildman–Crippen LogP) is 2.98. The molecule has 0 aliphatic carbocycles. The van der Waals surface area contributed by atoms with E-state index in [4.69, 9.17) is 15.1 Å². The second kappa shape index (κ2) is 5.69. The standard InChI is InChI=1S/C15H11NO3/c16-10-12-8-11(9-15(17)18)6-7-14(12)19-13-4-2-1-3-5-13/h1-8H,9H2,(H,17,18). The Kier molecular flexibility index (Phi) is 3.79. The molecular formula is C15H11NO3. The summed E-state index contributed by atoms with van der Waals surface area (Å²) in [6.07, 6.45) is -0.111. The number of hydrogen-bond donors (Lipinski definition) is 1. The second-order valence-corrected chi connectivity index (χ2v) is 3.93. The summed E-state index contributed by atoms with van der Waals surface area (Å²) in [4.78, 5) is 10.6. The van der Waals surface area contributed by atoms with Crippen molar-refractivity contribution in [3.63, 3.8) is 0 Å². The minimum atomic E-state index is -0.930. The molecule has 0 aliphatic rings. The predicted molar refractivity (Wildman–Crippen MR) is 69.0 cm³/mol. The lowest BCUT2D eigenvalue weighted by Gasteiger charge is -2.08. The molecule has 94 valence electrons. The monoisotopic (exact) mass is 253 g/mol. The molecule has 0 fully saturated rings. The second-order valence-electron chi connectivity index (χ2n) is 3.93. The van der Waals surface area contributed by atoms with Gasteiger partial charge in [0.25, 0.3) is 0 Å². The highest BCUT2D eigenvalue weighted by Gasteiger charge is 2.08. The van der Waals surface area contributed by atoms with E-state index < -0.39 is 5.97 Å². The lowest BCUT2D eigenvalue weighted by Crippen LogP contribution is -2.00. The van der Waals surface area contributed by atoms with E-state index in [-0.39, 0.29) is 6.42 Å². The number of hydrogen-bond acceptors (Lipinski definition) is 3. The van der Waals surface area contributed by atoms with Crippen LogP contribution in [0.5, 0.6) is 11.5 Å². The van der Waals surface area contributed by atoms with Gasteiger partial charge in [0.15, 0.2) is 0 Å². The summed E-state index contributed by atoms with van der Waals surface area (Å²) in [6, 6.07) is 15.9. The van der Waals surface area contributed by atoms with Crippen molar-refractivity contribution in [2.24, 2.45) is 0 Å². The Morgan fingerprint density at radius 2 is 1.95 bits per heavy atom. The van der Waals surface area contributed by atoms with Gasteiger partial charge in [0, 0.05) is 0 Å². The molecule has 0 aromatic heterocycles. The number of para-hydroxylation sites is 1. The van der Waals surface area contributed by atoms with E-state index in [9.17, 15) is 4.79 Å². The molecule has 0 bridgehead atoms. The summed E-state index contributed by atoms with van der Waals surface area (Å²) in [5.41, 5.74) is 0.895. The van der Waals surface area contributed by atoms with Gasteiger partial charge in [0.1, 0.15) is 17.6 Å². The average molecular weight is 253 g/mol. The summed E-state index contributed by atoms with van der Waals surface area (Å²) in [7, 11) is 0. The number of nitrogens with zero attached hydrogens (tertiary/aromatic N) is 1. The van der Waals surface area contributed by atoms with E-state index in [1.54, 1.807) is 24.3 Å². The zero-order valence-corrected chi connectivity index (χ0v) is 10.0. The first kappa shape index (κ1) is 12.7. The molecule has 2 rings (SSSR count). The van der Waals surface area contributed by atoms with E-state index in [0.717, 1.165) is 0 Å². The fraction of sp³-hybridized carbons (Fsp3) is 0.0667. The third kappa shape index (κ3) is 3.33. The molecule has 0 saturated carbocycles. The smallest absolute Gasteiger partial charge is 0.307 e. The van der Waals surface area contributed by atoms with Crippen LogP contribution in [0.4, 0.5) is 0 Å². The Bertz CT molecular complexity index is 630. The van der Waals surface area contributed by atoms with Crippen LogP contribution in [-0.4, -0.2) is 11.1 Å². The maximum atomic E-state index is 10.6. The lowest BCUT2D eigenvalue weighted by molar-refractivity contribution is -0.136. The van der Waals surface area contributed by atoms with Crippen LogP contribution in [0.3, 0.4) is 0 Å². The molecule has 1 N–H and O–H groups in total. The van der Waals surface area contributed by atoms with E-state index in [1.807, 2.05) is 24.3 Å². The number of nitriles is 1. The summed E-state index contributed by atoms with van der Waals surface area (Å²) >= 11 is 0. The van der Waals surface area contributed by atoms with Crippen molar-refractivity contribution in [2.45, 2.75) is 6.42 Å². The molecule has 2 aromatic carbocycles. The summed E-state index contributed by atoms with van der Waals surface area (Å²) in [6.45, 7) is 0. The molecule has 4 nitrogen and oxygen atoms in total. The van der Waals surface area contributed by atoms with Gasteiger partial charge in [-0.2, -0.15) is 5.26 Å². The van der Waals surface area contributed by atoms with Crippen molar-refractivity contribution in [3.8, 4) is 17.6 Å². The van der Waals surface area contributed by atoms with E-state index in [0.29, 0.717) is 22.6 Å². The topological polar surface area (TPSA) is 70.3 Å². The van der Waals surface area contributed by atoms with Gasteiger partial charge in [-0.25, -0.2) is 0 Å². The maximum absolute atomic E-state index is 10.6. The van der Waals surface area contributed by atoms with Crippen molar-refractivity contribution in [3.05, 3.63) is 59.7 Å². The fourth-order valence-corrected chi connectivity index (χ4v) is 1.65. The number of carboxylic acids is 1. The molecule has 0 heterocycles. The first-order chi connectivity index (χ1) is 9.19. The van der Waals surface area contributed by atoms with Crippen molar-refractivity contribution >= 4 is 5.97 Å². The minimum absolute atomic E-state index is 0.111. The van der Waals surface area contributed by atoms with E-state index in [2.05, 4.69) is 0 Å². The zero-order valence-electron chi connectivity index (χ0n) is 10.0. The molecule has 0 amide bonds. The van der Waals surface area contributed by atoms with Crippen LogP contribution in [0.25, 0.3) is 0 Å². The van der Waals surface area contributed by atoms with Crippen LogP contribution >= 0.6 is 0 Å². The Hall–Kier alpha value is -2.80.